The summed E-state index contributed by atoms with van der Waals surface area (Å²) >= 11 is 0. The second-order valence-corrected chi connectivity index (χ2v) is 6.19. The van der Waals surface area contributed by atoms with Gasteiger partial charge >= 0.3 is 0 Å². The Morgan fingerprint density at radius 3 is 2.33 bits per heavy atom. The predicted octanol–water partition coefficient (Wildman–Crippen LogP) is 1.63. The Morgan fingerprint density at radius 1 is 1.00 bits per heavy atom. The number of aryl methyl sites for hydroxylation is 1. The number of carbonyl (C=O) groups excluding carboxylic acids is 2. The molecule has 1 aromatic heterocycles. The number of hydrogen-bond donors (Lipinski definition) is 2. The van der Waals surface area contributed by atoms with Crippen LogP contribution in [0.25, 0.3) is 10.8 Å². The van der Waals surface area contributed by atoms with E-state index in [2.05, 4.69) is 15.7 Å². The lowest BCUT2D eigenvalue weighted by molar-refractivity contribution is -0.120. The van der Waals surface area contributed by atoms with Crippen LogP contribution in [-0.4, -0.2) is 28.6 Å². The summed E-state index contributed by atoms with van der Waals surface area (Å²) in [5, 5.41) is 10.9. The third-order valence-electron chi connectivity index (χ3n) is 4.23. The molecule has 3 aromatic rings. The summed E-state index contributed by atoms with van der Waals surface area (Å²) in [7, 11) is 1.58. The van der Waals surface area contributed by atoms with Crippen LogP contribution in [0, 0.1) is 6.92 Å². The minimum Gasteiger partial charge on any atom is -0.359 e. The van der Waals surface area contributed by atoms with E-state index in [0.717, 1.165) is 10.9 Å². The number of aromatic nitrogens is 2. The van der Waals surface area contributed by atoms with Gasteiger partial charge in [-0.3, -0.25) is 14.4 Å². The average molecular weight is 364 g/mol. The van der Waals surface area contributed by atoms with E-state index in [9.17, 15) is 14.4 Å². The lowest BCUT2D eigenvalue weighted by Crippen LogP contribution is -2.30. The van der Waals surface area contributed by atoms with Gasteiger partial charge in [0.25, 0.3) is 5.56 Å². The van der Waals surface area contributed by atoms with Gasteiger partial charge in [-0.25, -0.2) is 4.68 Å². The van der Waals surface area contributed by atoms with Gasteiger partial charge in [-0.15, -0.1) is 0 Å². The molecule has 0 unspecified atom stereocenters. The Bertz CT molecular complexity index is 1060. The summed E-state index contributed by atoms with van der Waals surface area (Å²) in [6.45, 7) is 1.63. The van der Waals surface area contributed by atoms with Gasteiger partial charge < -0.3 is 10.6 Å². The monoisotopic (exact) mass is 364 g/mol. The molecule has 0 spiro atoms. The molecule has 0 bridgehead atoms. The first-order valence-corrected chi connectivity index (χ1v) is 8.54. The molecular formula is C20H20N4O3. The Labute approximate surface area is 156 Å². The Kier molecular flexibility index (Phi) is 5.30. The maximum absolute atomic E-state index is 12.5. The molecular weight excluding hydrogens is 344 g/mol. The summed E-state index contributed by atoms with van der Waals surface area (Å²) in [4.78, 5) is 36.2. The molecule has 0 saturated heterocycles. The number of likely N-dealkylation sites (N-methyl/N-ethyl adjacent to an activating group) is 1. The maximum atomic E-state index is 12.5. The molecule has 138 valence electrons. The maximum Gasteiger partial charge on any atom is 0.275 e. The van der Waals surface area contributed by atoms with Crippen molar-refractivity contribution < 1.29 is 9.59 Å². The number of hydrogen-bond acceptors (Lipinski definition) is 4. The third-order valence-corrected chi connectivity index (χ3v) is 4.23. The van der Waals surface area contributed by atoms with Crippen molar-refractivity contribution in [1.29, 1.82) is 0 Å². The molecule has 27 heavy (non-hydrogen) atoms. The number of carbonyl (C=O) groups is 2. The number of nitrogens with one attached hydrogen (secondary N) is 2. The van der Waals surface area contributed by atoms with Gasteiger partial charge in [-0.1, -0.05) is 30.3 Å². The molecule has 0 aliphatic carbocycles. The van der Waals surface area contributed by atoms with E-state index in [1.54, 1.807) is 50.4 Å². The molecule has 0 atom stereocenters. The van der Waals surface area contributed by atoms with Crippen LogP contribution in [0.1, 0.15) is 11.3 Å². The summed E-state index contributed by atoms with van der Waals surface area (Å²) in [6, 6.07) is 14.2. The number of rotatable bonds is 5. The van der Waals surface area contributed by atoms with E-state index < -0.39 is 0 Å². The number of fused-ring (bicyclic) bond motifs is 1. The summed E-state index contributed by atoms with van der Waals surface area (Å²) < 4.78 is 1.17. The molecule has 2 N–H and O–H groups in total. The summed E-state index contributed by atoms with van der Waals surface area (Å²) in [5.41, 5.74) is 1.82. The number of amides is 2. The fourth-order valence-electron chi connectivity index (χ4n) is 2.83. The molecule has 7 heteroatoms. The Morgan fingerprint density at radius 2 is 1.67 bits per heavy atom. The van der Waals surface area contributed by atoms with E-state index in [-0.39, 0.29) is 30.3 Å². The van der Waals surface area contributed by atoms with E-state index in [1.807, 2.05) is 12.1 Å². The third kappa shape index (κ3) is 4.20. The molecule has 0 aliphatic heterocycles. The van der Waals surface area contributed by atoms with Gasteiger partial charge in [-0.05, 0) is 30.7 Å². The average Bonchev–Trinajstić information content (AvgIpc) is 2.67. The SMILES string of the molecule is CNC(=O)Cc1ccc(NC(=O)Cn2nc(C)c3ccccc3c2=O)cc1. The molecule has 7 nitrogen and oxygen atoms in total. The highest BCUT2D eigenvalue weighted by molar-refractivity contribution is 5.91. The van der Waals surface area contributed by atoms with Gasteiger partial charge in [0.1, 0.15) is 6.54 Å². The van der Waals surface area contributed by atoms with Crippen LogP contribution in [0.4, 0.5) is 5.69 Å². The fraction of sp³-hybridized carbons (Fsp3) is 0.200. The van der Waals surface area contributed by atoms with Crippen LogP contribution in [-0.2, 0) is 22.6 Å². The van der Waals surface area contributed by atoms with Gasteiger partial charge in [0, 0.05) is 18.1 Å². The quantitative estimate of drug-likeness (QED) is 0.720. The Balaban J connectivity index is 1.73. The van der Waals surface area contributed by atoms with Crippen molar-refractivity contribution in [1.82, 2.24) is 15.1 Å². The molecule has 1 heterocycles. The lowest BCUT2D eigenvalue weighted by Gasteiger charge is -2.10. The van der Waals surface area contributed by atoms with Crippen LogP contribution in [0.2, 0.25) is 0 Å². The van der Waals surface area contributed by atoms with Crippen molar-refractivity contribution in [2.45, 2.75) is 19.9 Å². The second-order valence-electron chi connectivity index (χ2n) is 6.19. The van der Waals surface area contributed by atoms with Crippen molar-refractivity contribution in [2.75, 3.05) is 12.4 Å². The standard InChI is InChI=1S/C20H20N4O3/c1-13-16-5-3-4-6-17(16)20(27)24(23-13)12-19(26)22-15-9-7-14(8-10-15)11-18(25)21-2/h3-10H,11-12H2,1-2H3,(H,21,25)(H,22,26). The first-order valence-electron chi connectivity index (χ1n) is 8.54. The van der Waals surface area contributed by atoms with Crippen LogP contribution in [0.5, 0.6) is 0 Å². The van der Waals surface area contributed by atoms with Gasteiger partial charge in [0.2, 0.25) is 11.8 Å². The molecule has 0 radical (unpaired) electrons. The predicted molar refractivity (Wildman–Crippen MR) is 104 cm³/mol. The first kappa shape index (κ1) is 18.3. The normalized spacial score (nSPS) is 10.6. The Hall–Kier alpha value is -3.48. The van der Waals surface area contributed by atoms with Gasteiger partial charge in [0.15, 0.2) is 0 Å². The lowest BCUT2D eigenvalue weighted by atomic mass is 10.1. The second kappa shape index (κ2) is 7.82. The smallest absolute Gasteiger partial charge is 0.275 e. The summed E-state index contributed by atoms with van der Waals surface area (Å²) in [6.07, 6.45) is 0.278. The van der Waals surface area contributed by atoms with Crippen molar-refractivity contribution in [3.63, 3.8) is 0 Å². The van der Waals surface area contributed by atoms with Crippen LogP contribution in [0.15, 0.2) is 53.3 Å². The number of anilines is 1. The largest absolute Gasteiger partial charge is 0.359 e. The molecule has 2 amide bonds. The van der Waals surface area contributed by atoms with Crippen LogP contribution >= 0.6 is 0 Å². The van der Waals surface area contributed by atoms with Crippen molar-refractivity contribution in [2.24, 2.45) is 0 Å². The van der Waals surface area contributed by atoms with Crippen molar-refractivity contribution in [3.8, 4) is 0 Å². The first-order chi connectivity index (χ1) is 13.0. The van der Waals surface area contributed by atoms with Crippen molar-refractivity contribution >= 4 is 28.3 Å². The number of nitrogens with zero attached hydrogens (tertiary/aromatic N) is 2. The number of benzene rings is 2. The van der Waals surface area contributed by atoms with E-state index in [0.29, 0.717) is 16.8 Å². The molecule has 0 fully saturated rings. The van der Waals surface area contributed by atoms with Gasteiger partial charge in [0.05, 0.1) is 17.5 Å². The van der Waals surface area contributed by atoms with E-state index in [1.165, 1.54) is 4.68 Å². The minimum absolute atomic E-state index is 0.0797. The van der Waals surface area contributed by atoms with Crippen LogP contribution in [0.3, 0.4) is 0 Å². The fourth-order valence-corrected chi connectivity index (χ4v) is 2.83. The van der Waals surface area contributed by atoms with E-state index >= 15 is 0 Å². The highest BCUT2D eigenvalue weighted by Gasteiger charge is 2.11. The van der Waals surface area contributed by atoms with E-state index in [4.69, 9.17) is 0 Å². The molecule has 3 rings (SSSR count). The summed E-state index contributed by atoms with van der Waals surface area (Å²) in [5.74, 6) is -0.428. The zero-order valence-electron chi connectivity index (χ0n) is 15.2. The van der Waals surface area contributed by atoms with Crippen LogP contribution < -0.4 is 16.2 Å². The zero-order chi connectivity index (χ0) is 19.4. The minimum atomic E-state index is -0.349. The molecule has 0 aliphatic rings. The topological polar surface area (TPSA) is 93.1 Å². The van der Waals surface area contributed by atoms with Gasteiger partial charge in [-0.2, -0.15) is 5.10 Å². The van der Waals surface area contributed by atoms with Crippen molar-refractivity contribution in [3.05, 3.63) is 70.1 Å². The zero-order valence-corrected chi connectivity index (χ0v) is 15.2. The molecule has 0 saturated carbocycles. The highest BCUT2D eigenvalue weighted by Crippen LogP contribution is 2.12. The molecule has 2 aromatic carbocycles. The highest BCUT2D eigenvalue weighted by atomic mass is 16.2.